The molecule has 2 aromatic carbocycles. The number of ether oxygens (including phenoxy) is 1. The van der Waals surface area contributed by atoms with Gasteiger partial charge >= 0.3 is 0 Å². The molecule has 140 valence electrons. The molecule has 0 atom stereocenters. The standard InChI is InChI=1S/C23H25NO2S/c1-14-9-16(3)18(5)21(10-14)26-12-19-11-22(27-13-19)23(25)24-20-8-6-7-15(2)17(20)4/h6-11,13H,12H2,1-5H3,(H,24,25). The predicted octanol–water partition coefficient (Wildman–Crippen LogP) is 6.12. The molecule has 1 aromatic heterocycles. The normalized spacial score (nSPS) is 10.7. The van der Waals surface area contributed by atoms with Crippen molar-refractivity contribution in [3.05, 3.63) is 80.0 Å². The molecule has 0 aliphatic heterocycles. The summed E-state index contributed by atoms with van der Waals surface area (Å²) in [4.78, 5) is 13.3. The van der Waals surface area contributed by atoms with Gasteiger partial charge in [-0.05, 0) is 86.0 Å². The minimum atomic E-state index is -0.0810. The smallest absolute Gasteiger partial charge is 0.265 e. The van der Waals surface area contributed by atoms with E-state index in [0.29, 0.717) is 11.5 Å². The molecule has 1 heterocycles. The van der Waals surface area contributed by atoms with Crippen LogP contribution >= 0.6 is 11.3 Å². The van der Waals surface area contributed by atoms with Gasteiger partial charge in [-0.15, -0.1) is 11.3 Å². The van der Waals surface area contributed by atoms with Crippen molar-refractivity contribution in [3.8, 4) is 5.75 Å². The van der Waals surface area contributed by atoms with Crippen molar-refractivity contribution in [2.75, 3.05) is 5.32 Å². The van der Waals surface area contributed by atoms with Crippen LogP contribution in [0.4, 0.5) is 5.69 Å². The van der Waals surface area contributed by atoms with Gasteiger partial charge < -0.3 is 10.1 Å². The highest BCUT2D eigenvalue weighted by Gasteiger charge is 2.12. The maximum atomic E-state index is 12.6. The van der Waals surface area contributed by atoms with E-state index in [-0.39, 0.29) is 5.91 Å². The molecule has 0 aliphatic rings. The fourth-order valence-electron chi connectivity index (χ4n) is 2.95. The lowest BCUT2D eigenvalue weighted by Crippen LogP contribution is -2.11. The minimum absolute atomic E-state index is 0.0810. The lowest BCUT2D eigenvalue weighted by atomic mass is 10.1. The van der Waals surface area contributed by atoms with Crippen LogP contribution in [0.15, 0.2) is 41.8 Å². The lowest BCUT2D eigenvalue weighted by Gasteiger charge is -2.11. The number of benzene rings is 2. The number of nitrogens with one attached hydrogen (secondary N) is 1. The van der Waals surface area contributed by atoms with Crippen LogP contribution in [0.3, 0.4) is 0 Å². The van der Waals surface area contributed by atoms with Crippen LogP contribution in [0.2, 0.25) is 0 Å². The number of hydrogen-bond donors (Lipinski definition) is 1. The second-order valence-electron chi connectivity index (χ2n) is 7.01. The first-order valence-electron chi connectivity index (χ1n) is 9.01. The zero-order valence-electron chi connectivity index (χ0n) is 16.5. The molecule has 0 unspecified atom stereocenters. The van der Waals surface area contributed by atoms with Gasteiger partial charge in [0.1, 0.15) is 12.4 Å². The fourth-order valence-corrected chi connectivity index (χ4v) is 3.74. The first-order valence-corrected chi connectivity index (χ1v) is 9.88. The minimum Gasteiger partial charge on any atom is -0.489 e. The Labute approximate surface area is 165 Å². The van der Waals surface area contributed by atoms with Crippen LogP contribution in [0.5, 0.6) is 5.75 Å². The number of carbonyl (C=O) groups excluding carboxylic acids is 1. The summed E-state index contributed by atoms with van der Waals surface area (Å²) in [5, 5.41) is 4.99. The van der Waals surface area contributed by atoms with Gasteiger partial charge in [0.05, 0.1) is 4.88 Å². The van der Waals surface area contributed by atoms with Crippen LogP contribution in [0.1, 0.15) is 43.1 Å². The summed E-state index contributed by atoms with van der Waals surface area (Å²) < 4.78 is 6.01. The Morgan fingerprint density at radius 2 is 1.78 bits per heavy atom. The Morgan fingerprint density at radius 3 is 2.56 bits per heavy atom. The Kier molecular flexibility index (Phi) is 5.66. The zero-order chi connectivity index (χ0) is 19.6. The summed E-state index contributed by atoms with van der Waals surface area (Å²) in [6, 6.07) is 12.0. The van der Waals surface area contributed by atoms with Crippen molar-refractivity contribution in [2.45, 2.75) is 41.2 Å². The second-order valence-corrected chi connectivity index (χ2v) is 7.93. The van der Waals surface area contributed by atoms with Crippen molar-refractivity contribution < 1.29 is 9.53 Å². The average molecular weight is 380 g/mol. The molecule has 1 amide bonds. The fraction of sp³-hybridized carbons (Fsp3) is 0.261. The molecule has 0 saturated carbocycles. The van der Waals surface area contributed by atoms with Crippen LogP contribution < -0.4 is 10.1 Å². The predicted molar refractivity (Wildman–Crippen MR) is 113 cm³/mol. The zero-order valence-corrected chi connectivity index (χ0v) is 17.3. The molecule has 0 aliphatic carbocycles. The van der Waals surface area contributed by atoms with Crippen molar-refractivity contribution >= 4 is 22.9 Å². The van der Waals surface area contributed by atoms with Crippen molar-refractivity contribution in [1.29, 1.82) is 0 Å². The molecule has 0 spiro atoms. The van der Waals surface area contributed by atoms with E-state index >= 15 is 0 Å². The van der Waals surface area contributed by atoms with Gasteiger partial charge in [-0.25, -0.2) is 0 Å². The monoisotopic (exact) mass is 379 g/mol. The second kappa shape index (κ2) is 7.97. The Balaban J connectivity index is 1.68. The van der Waals surface area contributed by atoms with Crippen LogP contribution in [0.25, 0.3) is 0 Å². The topological polar surface area (TPSA) is 38.3 Å². The highest BCUT2D eigenvalue weighted by molar-refractivity contribution is 7.12. The van der Waals surface area contributed by atoms with Crippen molar-refractivity contribution in [1.82, 2.24) is 0 Å². The van der Waals surface area contributed by atoms with Gasteiger partial charge in [0.15, 0.2) is 0 Å². The molecule has 0 saturated heterocycles. The number of aryl methyl sites for hydroxylation is 3. The van der Waals surface area contributed by atoms with Gasteiger partial charge in [0.25, 0.3) is 5.91 Å². The summed E-state index contributed by atoms with van der Waals surface area (Å²) in [7, 11) is 0. The van der Waals surface area contributed by atoms with Gasteiger partial charge in [0.2, 0.25) is 0 Å². The van der Waals surface area contributed by atoms with Crippen molar-refractivity contribution in [3.63, 3.8) is 0 Å². The number of hydrogen-bond acceptors (Lipinski definition) is 3. The highest BCUT2D eigenvalue weighted by atomic mass is 32.1. The van der Waals surface area contributed by atoms with Crippen LogP contribution in [0, 0.1) is 34.6 Å². The lowest BCUT2D eigenvalue weighted by molar-refractivity contribution is 0.103. The summed E-state index contributed by atoms with van der Waals surface area (Å²) >= 11 is 1.44. The largest absolute Gasteiger partial charge is 0.489 e. The molecule has 1 N–H and O–H groups in total. The van der Waals surface area contributed by atoms with E-state index < -0.39 is 0 Å². The first-order chi connectivity index (χ1) is 12.8. The number of carbonyl (C=O) groups is 1. The summed E-state index contributed by atoms with van der Waals surface area (Å²) in [5.41, 5.74) is 7.69. The van der Waals surface area contributed by atoms with Crippen LogP contribution in [-0.2, 0) is 6.61 Å². The Morgan fingerprint density at radius 1 is 1.00 bits per heavy atom. The highest BCUT2D eigenvalue weighted by Crippen LogP contribution is 2.26. The van der Waals surface area contributed by atoms with E-state index in [4.69, 9.17) is 4.74 Å². The first kappa shape index (κ1) is 19.2. The van der Waals surface area contributed by atoms with Gasteiger partial charge in [-0.1, -0.05) is 18.2 Å². The van der Waals surface area contributed by atoms with E-state index in [9.17, 15) is 4.79 Å². The summed E-state index contributed by atoms with van der Waals surface area (Å²) in [6.45, 7) is 10.7. The van der Waals surface area contributed by atoms with Crippen molar-refractivity contribution in [2.24, 2.45) is 0 Å². The van der Waals surface area contributed by atoms with E-state index in [1.807, 2.05) is 43.5 Å². The third-order valence-electron chi connectivity index (χ3n) is 4.89. The third-order valence-corrected chi connectivity index (χ3v) is 5.87. The Hall–Kier alpha value is -2.59. The number of thiophene rings is 1. The molecule has 3 aromatic rings. The maximum absolute atomic E-state index is 12.6. The number of anilines is 1. The quantitative estimate of drug-likeness (QED) is 0.580. The van der Waals surface area contributed by atoms with E-state index in [0.717, 1.165) is 33.7 Å². The third kappa shape index (κ3) is 4.40. The Bertz CT molecular complexity index is 988. The van der Waals surface area contributed by atoms with Crippen LogP contribution in [-0.4, -0.2) is 5.91 Å². The summed E-state index contributed by atoms with van der Waals surface area (Å²) in [5.74, 6) is 0.822. The molecule has 0 radical (unpaired) electrons. The van der Waals surface area contributed by atoms with Gasteiger partial charge in [-0.2, -0.15) is 0 Å². The summed E-state index contributed by atoms with van der Waals surface area (Å²) in [6.07, 6.45) is 0. The number of amides is 1. The van der Waals surface area contributed by atoms with E-state index in [1.54, 1.807) is 0 Å². The van der Waals surface area contributed by atoms with Gasteiger partial charge in [-0.3, -0.25) is 4.79 Å². The van der Waals surface area contributed by atoms with E-state index in [1.165, 1.54) is 22.5 Å². The molecular formula is C23H25NO2S. The molecular weight excluding hydrogens is 354 g/mol. The number of rotatable bonds is 5. The molecule has 0 bridgehead atoms. The average Bonchev–Trinajstić information content (AvgIpc) is 3.10. The molecule has 27 heavy (non-hydrogen) atoms. The molecule has 0 fully saturated rings. The van der Waals surface area contributed by atoms with Gasteiger partial charge in [0, 0.05) is 11.3 Å². The SMILES string of the molecule is Cc1cc(C)c(C)c(OCc2csc(C(=O)Nc3cccc(C)c3C)c2)c1. The maximum Gasteiger partial charge on any atom is 0.265 e. The molecule has 4 heteroatoms. The molecule has 3 rings (SSSR count). The molecule has 3 nitrogen and oxygen atoms in total. The van der Waals surface area contributed by atoms with E-state index in [2.05, 4.69) is 38.2 Å².